The van der Waals surface area contributed by atoms with E-state index in [1.165, 1.54) is 16.3 Å². The van der Waals surface area contributed by atoms with Crippen LogP contribution in [0, 0.1) is 23.2 Å². The summed E-state index contributed by atoms with van der Waals surface area (Å²) in [5.74, 6) is 5.06. The highest BCUT2D eigenvalue weighted by atomic mass is 16.4. The minimum Gasteiger partial charge on any atom is -0.481 e. The van der Waals surface area contributed by atoms with Crippen molar-refractivity contribution in [2.75, 3.05) is 7.05 Å². The molecule has 3 nitrogen and oxygen atoms in total. The largest absolute Gasteiger partial charge is 0.481 e. The van der Waals surface area contributed by atoms with Gasteiger partial charge in [-0.15, -0.1) is 0 Å². The lowest BCUT2D eigenvalue weighted by molar-refractivity contribution is -0.143. The van der Waals surface area contributed by atoms with E-state index in [1.54, 1.807) is 0 Å². The first-order valence-corrected chi connectivity index (χ1v) is 10.3. The number of carboxylic acid groups (broad SMARTS) is 1. The lowest BCUT2D eigenvalue weighted by atomic mass is 9.92. The van der Waals surface area contributed by atoms with Crippen LogP contribution in [0.4, 0.5) is 0 Å². The predicted octanol–water partition coefficient (Wildman–Crippen LogP) is 5.75. The van der Waals surface area contributed by atoms with Crippen molar-refractivity contribution in [2.45, 2.75) is 53.1 Å². The molecule has 2 aromatic carbocycles. The summed E-state index contributed by atoms with van der Waals surface area (Å²) in [7, 11) is 2.00. The van der Waals surface area contributed by atoms with Gasteiger partial charge in [0.1, 0.15) is 0 Å². The summed E-state index contributed by atoms with van der Waals surface area (Å²) < 4.78 is 0. The summed E-state index contributed by atoms with van der Waals surface area (Å²) in [4.78, 5) is 14.1. The minimum atomic E-state index is -0.755. The molecule has 2 unspecified atom stereocenters. The Morgan fingerprint density at radius 1 is 1.17 bits per heavy atom. The SMILES string of the molecule is CCCC(C(=O)O)C(/C=C/C#CC(C)(C)C)N(C)Cc1cccc2ccccc12. The Bertz CT molecular complexity index is 906. The minimum absolute atomic E-state index is 0.0791. The van der Waals surface area contributed by atoms with Crippen molar-refractivity contribution in [2.24, 2.45) is 11.3 Å². The first-order chi connectivity index (χ1) is 13.7. The van der Waals surface area contributed by atoms with Crippen molar-refractivity contribution in [3.63, 3.8) is 0 Å². The van der Waals surface area contributed by atoms with Crippen LogP contribution in [0.15, 0.2) is 54.6 Å². The summed E-state index contributed by atoms with van der Waals surface area (Å²) in [5.41, 5.74) is 1.12. The molecule has 2 atom stereocenters. The van der Waals surface area contributed by atoms with E-state index >= 15 is 0 Å². The van der Waals surface area contributed by atoms with Gasteiger partial charge < -0.3 is 5.11 Å². The quantitative estimate of drug-likeness (QED) is 0.583. The van der Waals surface area contributed by atoms with Crippen LogP contribution in [0.1, 0.15) is 46.1 Å². The molecule has 0 aliphatic carbocycles. The Hall–Kier alpha value is -2.57. The molecule has 0 saturated carbocycles. The van der Waals surface area contributed by atoms with Gasteiger partial charge in [0.2, 0.25) is 0 Å². The highest BCUT2D eigenvalue weighted by molar-refractivity contribution is 5.85. The number of likely N-dealkylation sites (N-methyl/N-ethyl adjacent to an activating group) is 1. The molecule has 0 aliphatic rings. The highest BCUT2D eigenvalue weighted by Crippen LogP contribution is 2.24. The fraction of sp³-hybridized carbons (Fsp3) is 0.423. The zero-order chi connectivity index (χ0) is 21.4. The lowest BCUT2D eigenvalue weighted by Crippen LogP contribution is -2.40. The van der Waals surface area contributed by atoms with Crippen LogP contribution < -0.4 is 0 Å². The Morgan fingerprint density at radius 3 is 2.52 bits per heavy atom. The third kappa shape index (κ3) is 6.76. The molecule has 2 aromatic rings. The molecular formula is C26H33NO2. The molecule has 0 amide bonds. The molecule has 0 radical (unpaired) electrons. The molecule has 0 fully saturated rings. The summed E-state index contributed by atoms with van der Waals surface area (Å²) in [6.07, 6.45) is 5.24. The normalized spacial score (nSPS) is 14.0. The number of nitrogens with zero attached hydrogens (tertiary/aromatic N) is 1. The van der Waals surface area contributed by atoms with Crippen molar-refractivity contribution in [3.05, 3.63) is 60.2 Å². The molecule has 0 bridgehead atoms. The van der Waals surface area contributed by atoms with Crippen LogP contribution in [0.3, 0.4) is 0 Å². The van der Waals surface area contributed by atoms with E-state index in [-0.39, 0.29) is 11.5 Å². The molecular weight excluding hydrogens is 358 g/mol. The van der Waals surface area contributed by atoms with E-state index in [0.29, 0.717) is 13.0 Å². The molecule has 1 N–H and O–H groups in total. The van der Waals surface area contributed by atoms with Gasteiger partial charge in [0.25, 0.3) is 0 Å². The Kier molecular flexibility index (Phi) is 8.05. The standard InChI is InChI=1S/C26H33NO2/c1-6-12-23(25(28)29)24(17-9-10-18-26(2,3)4)27(5)19-21-15-11-14-20-13-7-8-16-22(20)21/h7-9,11,13-17,23-24H,6,12,19H2,1-5H3,(H,28,29)/b17-9+. The number of aliphatic carboxylic acids is 1. The van der Waals surface area contributed by atoms with Crippen LogP contribution in [0.2, 0.25) is 0 Å². The first-order valence-electron chi connectivity index (χ1n) is 10.3. The number of hydrogen-bond donors (Lipinski definition) is 1. The molecule has 0 aliphatic heterocycles. The molecule has 0 aromatic heterocycles. The molecule has 2 rings (SSSR count). The van der Waals surface area contributed by atoms with Gasteiger partial charge in [0.15, 0.2) is 0 Å². The monoisotopic (exact) mass is 391 g/mol. The Balaban J connectivity index is 2.33. The first kappa shape index (κ1) is 22.7. The zero-order valence-corrected chi connectivity index (χ0v) is 18.3. The maximum Gasteiger partial charge on any atom is 0.308 e. The third-order valence-electron chi connectivity index (χ3n) is 4.96. The van der Waals surface area contributed by atoms with E-state index in [0.717, 1.165) is 6.42 Å². The fourth-order valence-electron chi connectivity index (χ4n) is 3.55. The van der Waals surface area contributed by atoms with Gasteiger partial charge in [0.05, 0.1) is 5.92 Å². The van der Waals surface area contributed by atoms with Crippen LogP contribution in [-0.2, 0) is 11.3 Å². The zero-order valence-electron chi connectivity index (χ0n) is 18.3. The van der Waals surface area contributed by atoms with Gasteiger partial charge in [0, 0.05) is 18.0 Å². The molecule has 29 heavy (non-hydrogen) atoms. The van der Waals surface area contributed by atoms with Gasteiger partial charge in [-0.2, -0.15) is 0 Å². The van der Waals surface area contributed by atoms with E-state index in [1.807, 2.05) is 38.3 Å². The molecule has 3 heteroatoms. The molecule has 0 spiro atoms. The summed E-state index contributed by atoms with van der Waals surface area (Å²) in [6, 6.07) is 14.4. The topological polar surface area (TPSA) is 40.5 Å². The molecule has 0 heterocycles. The Labute approximate surface area is 175 Å². The van der Waals surface area contributed by atoms with Crippen molar-refractivity contribution >= 4 is 16.7 Å². The number of fused-ring (bicyclic) bond motifs is 1. The third-order valence-corrected chi connectivity index (χ3v) is 4.96. The number of hydrogen-bond acceptors (Lipinski definition) is 2. The summed E-state index contributed by atoms with van der Waals surface area (Å²) in [6.45, 7) is 8.90. The maximum atomic E-state index is 12.0. The van der Waals surface area contributed by atoms with Crippen molar-refractivity contribution < 1.29 is 9.90 Å². The van der Waals surface area contributed by atoms with E-state index in [2.05, 4.69) is 67.8 Å². The maximum absolute atomic E-state index is 12.0. The smallest absolute Gasteiger partial charge is 0.308 e. The van der Waals surface area contributed by atoms with E-state index in [9.17, 15) is 9.90 Å². The predicted molar refractivity (Wildman–Crippen MR) is 122 cm³/mol. The van der Waals surface area contributed by atoms with Gasteiger partial charge in [-0.25, -0.2) is 0 Å². The average molecular weight is 392 g/mol. The highest BCUT2D eigenvalue weighted by Gasteiger charge is 2.28. The summed E-state index contributed by atoms with van der Waals surface area (Å²) >= 11 is 0. The van der Waals surface area contributed by atoms with Gasteiger partial charge >= 0.3 is 5.97 Å². The van der Waals surface area contributed by atoms with Gasteiger partial charge in [-0.3, -0.25) is 9.69 Å². The average Bonchev–Trinajstić information content (AvgIpc) is 2.66. The van der Waals surface area contributed by atoms with E-state index in [4.69, 9.17) is 0 Å². The van der Waals surface area contributed by atoms with E-state index < -0.39 is 11.9 Å². The fourth-order valence-corrected chi connectivity index (χ4v) is 3.55. The molecule has 154 valence electrons. The second-order valence-electron chi connectivity index (χ2n) is 8.66. The van der Waals surface area contributed by atoms with Gasteiger partial charge in [-0.05, 0) is 56.7 Å². The van der Waals surface area contributed by atoms with Crippen LogP contribution in [-0.4, -0.2) is 29.1 Å². The number of rotatable bonds is 8. The number of benzene rings is 2. The van der Waals surface area contributed by atoms with Crippen molar-refractivity contribution in [1.29, 1.82) is 0 Å². The Morgan fingerprint density at radius 2 is 1.86 bits per heavy atom. The van der Waals surface area contributed by atoms with Crippen LogP contribution >= 0.6 is 0 Å². The lowest BCUT2D eigenvalue weighted by Gasteiger charge is -2.30. The number of carboxylic acids is 1. The van der Waals surface area contributed by atoms with Crippen molar-refractivity contribution in [3.8, 4) is 11.8 Å². The van der Waals surface area contributed by atoms with Crippen LogP contribution in [0.25, 0.3) is 10.8 Å². The van der Waals surface area contributed by atoms with Crippen molar-refractivity contribution in [1.82, 2.24) is 4.90 Å². The summed E-state index contributed by atoms with van der Waals surface area (Å²) in [5, 5.41) is 12.3. The second-order valence-corrected chi connectivity index (χ2v) is 8.66. The van der Waals surface area contributed by atoms with Gasteiger partial charge in [-0.1, -0.05) is 73.7 Å². The molecule has 0 saturated heterocycles. The number of carbonyl (C=O) groups is 1. The second kappa shape index (κ2) is 10.3. The number of allylic oxidation sites excluding steroid dienone is 1. The van der Waals surface area contributed by atoms with Crippen LogP contribution in [0.5, 0.6) is 0 Å².